The highest BCUT2D eigenvalue weighted by Crippen LogP contribution is 1.95. The number of aromatic nitrogens is 2. The fraction of sp³-hybridized carbons (Fsp3) is 0.538. The lowest BCUT2D eigenvalue weighted by molar-refractivity contribution is -0.144. The highest BCUT2D eigenvalue weighted by Gasteiger charge is 2.11. The minimum Gasteiger partial charge on any atom is -0.466 e. The van der Waals surface area contributed by atoms with Gasteiger partial charge in [-0.25, -0.2) is 4.79 Å². The minimum atomic E-state index is -0.524. The summed E-state index contributed by atoms with van der Waals surface area (Å²) in [5.74, 6) is -0.821. The van der Waals surface area contributed by atoms with Gasteiger partial charge in [0.1, 0.15) is 0 Å². The van der Waals surface area contributed by atoms with Crippen molar-refractivity contribution < 1.29 is 14.3 Å². The molecule has 7 nitrogen and oxygen atoms in total. The average Bonchev–Trinajstić information content (AvgIpc) is 2.42. The Morgan fingerprint density at radius 1 is 1.20 bits per heavy atom. The maximum atomic E-state index is 11.9. The van der Waals surface area contributed by atoms with Gasteiger partial charge < -0.3 is 9.30 Å². The number of Topliss-reactive ketones (excluding diaryl/α,β-unsaturated/α-hetero) is 1. The summed E-state index contributed by atoms with van der Waals surface area (Å²) in [5, 5.41) is 0. The molecule has 0 bridgehead atoms. The van der Waals surface area contributed by atoms with E-state index >= 15 is 0 Å². The smallest absolute Gasteiger partial charge is 0.331 e. The lowest BCUT2D eigenvalue weighted by atomic mass is 10.2. The highest BCUT2D eigenvalue weighted by molar-refractivity contribution is 5.82. The van der Waals surface area contributed by atoms with Crippen LogP contribution in [0.25, 0.3) is 0 Å². The summed E-state index contributed by atoms with van der Waals surface area (Å²) < 4.78 is 6.91. The number of hydrogen-bond acceptors (Lipinski definition) is 5. The number of hydrogen-bond donors (Lipinski definition) is 0. The van der Waals surface area contributed by atoms with Crippen LogP contribution in [0.1, 0.15) is 26.7 Å². The first-order valence-electron chi connectivity index (χ1n) is 6.47. The second-order valence-corrected chi connectivity index (χ2v) is 4.15. The summed E-state index contributed by atoms with van der Waals surface area (Å²) in [6, 6.07) is 1.24. The molecule has 0 aliphatic rings. The van der Waals surface area contributed by atoms with Crippen molar-refractivity contribution in [1.29, 1.82) is 0 Å². The molecule has 1 aromatic heterocycles. The lowest BCUT2D eigenvalue weighted by Gasteiger charge is -2.07. The van der Waals surface area contributed by atoms with Gasteiger partial charge in [-0.05, 0) is 13.8 Å². The van der Waals surface area contributed by atoms with Gasteiger partial charge >= 0.3 is 11.7 Å². The molecular weight excluding hydrogens is 264 g/mol. The van der Waals surface area contributed by atoms with Crippen LogP contribution in [0, 0.1) is 0 Å². The Morgan fingerprint density at radius 3 is 2.50 bits per heavy atom. The first-order valence-corrected chi connectivity index (χ1v) is 6.47. The van der Waals surface area contributed by atoms with Gasteiger partial charge in [-0.2, -0.15) is 0 Å². The molecule has 0 fully saturated rings. The maximum absolute atomic E-state index is 11.9. The maximum Gasteiger partial charge on any atom is 0.331 e. The molecule has 0 aromatic carbocycles. The number of esters is 1. The molecule has 0 radical (unpaired) electrons. The first kappa shape index (κ1) is 15.9. The summed E-state index contributed by atoms with van der Waals surface area (Å²) in [5.41, 5.74) is -1.05. The summed E-state index contributed by atoms with van der Waals surface area (Å²) in [6.07, 6.45) is 1.30. The molecule has 0 aliphatic carbocycles. The third-order valence-corrected chi connectivity index (χ3v) is 2.73. The fourth-order valence-corrected chi connectivity index (χ4v) is 1.67. The Balaban J connectivity index is 2.74. The van der Waals surface area contributed by atoms with E-state index in [1.54, 1.807) is 13.8 Å². The molecule has 1 aromatic rings. The first-order chi connectivity index (χ1) is 9.49. The van der Waals surface area contributed by atoms with Gasteiger partial charge in [0.05, 0.1) is 19.6 Å². The van der Waals surface area contributed by atoms with Gasteiger partial charge in [-0.1, -0.05) is 0 Å². The molecule has 1 heterocycles. The molecule has 20 heavy (non-hydrogen) atoms. The van der Waals surface area contributed by atoms with Gasteiger partial charge in [-0.3, -0.25) is 19.0 Å². The van der Waals surface area contributed by atoms with Crippen LogP contribution in [0.2, 0.25) is 0 Å². The number of nitrogens with zero attached hydrogens (tertiary/aromatic N) is 2. The average molecular weight is 282 g/mol. The molecule has 0 saturated carbocycles. The summed E-state index contributed by atoms with van der Waals surface area (Å²) in [4.78, 5) is 46.3. The predicted molar refractivity (Wildman–Crippen MR) is 71.5 cm³/mol. The second kappa shape index (κ2) is 7.42. The van der Waals surface area contributed by atoms with E-state index in [-0.39, 0.29) is 31.8 Å². The van der Waals surface area contributed by atoms with E-state index in [1.807, 2.05) is 0 Å². The summed E-state index contributed by atoms with van der Waals surface area (Å²) in [7, 11) is 0. The van der Waals surface area contributed by atoms with E-state index in [1.165, 1.54) is 16.8 Å². The van der Waals surface area contributed by atoms with Crippen molar-refractivity contribution in [2.24, 2.45) is 0 Å². The second-order valence-electron chi connectivity index (χ2n) is 4.15. The van der Waals surface area contributed by atoms with Crippen LogP contribution < -0.4 is 11.2 Å². The number of ether oxygens (including phenoxy) is 1. The van der Waals surface area contributed by atoms with Crippen LogP contribution in [0.5, 0.6) is 0 Å². The van der Waals surface area contributed by atoms with E-state index < -0.39 is 17.2 Å². The Morgan fingerprint density at radius 2 is 1.90 bits per heavy atom. The molecule has 0 saturated heterocycles. The van der Waals surface area contributed by atoms with Crippen LogP contribution >= 0.6 is 0 Å². The standard InChI is InChI=1S/C13H18N2O5/c1-3-14-8-7-11(17)15(13(14)19)9-10(16)5-6-12(18)20-4-2/h7-8H,3-6,9H2,1-2H3. The molecule has 110 valence electrons. The van der Waals surface area contributed by atoms with Crippen LogP contribution in [0.15, 0.2) is 21.9 Å². The quantitative estimate of drug-likeness (QED) is 0.654. The van der Waals surface area contributed by atoms with Crippen molar-refractivity contribution in [3.05, 3.63) is 33.1 Å². The van der Waals surface area contributed by atoms with Gasteiger partial charge in [0, 0.05) is 25.2 Å². The Kier molecular flexibility index (Phi) is 5.89. The minimum absolute atomic E-state index is 0.0454. The molecule has 0 unspecified atom stereocenters. The molecule has 1 rings (SSSR count). The van der Waals surface area contributed by atoms with Crippen molar-refractivity contribution in [3.63, 3.8) is 0 Å². The zero-order valence-corrected chi connectivity index (χ0v) is 11.6. The number of carbonyl (C=O) groups excluding carboxylic acids is 2. The molecule has 0 atom stereocenters. The van der Waals surface area contributed by atoms with Crippen LogP contribution in [0.3, 0.4) is 0 Å². The predicted octanol–water partition coefficient (Wildman–Crippen LogP) is -0.0577. The third kappa shape index (κ3) is 4.18. The molecular formula is C13H18N2O5. The van der Waals surface area contributed by atoms with E-state index in [9.17, 15) is 19.2 Å². The zero-order valence-electron chi connectivity index (χ0n) is 11.6. The van der Waals surface area contributed by atoms with Crippen molar-refractivity contribution in [2.45, 2.75) is 39.8 Å². The zero-order chi connectivity index (χ0) is 15.1. The van der Waals surface area contributed by atoms with Crippen LogP contribution in [-0.4, -0.2) is 27.5 Å². The van der Waals surface area contributed by atoms with Crippen molar-refractivity contribution >= 4 is 11.8 Å². The third-order valence-electron chi connectivity index (χ3n) is 2.73. The van der Waals surface area contributed by atoms with Crippen LogP contribution in [0.4, 0.5) is 0 Å². The van der Waals surface area contributed by atoms with Gasteiger partial charge in [0.25, 0.3) is 5.56 Å². The largest absolute Gasteiger partial charge is 0.466 e. The van der Waals surface area contributed by atoms with E-state index in [0.29, 0.717) is 6.54 Å². The van der Waals surface area contributed by atoms with E-state index in [2.05, 4.69) is 0 Å². The lowest BCUT2D eigenvalue weighted by Crippen LogP contribution is -2.40. The van der Waals surface area contributed by atoms with E-state index in [4.69, 9.17) is 4.74 Å². The molecule has 7 heteroatoms. The van der Waals surface area contributed by atoms with E-state index in [0.717, 1.165) is 4.57 Å². The Bertz CT molecular complexity index is 600. The highest BCUT2D eigenvalue weighted by atomic mass is 16.5. The molecule has 0 N–H and O–H groups in total. The molecule has 0 aliphatic heterocycles. The number of ketones is 1. The van der Waals surface area contributed by atoms with Gasteiger partial charge in [0.2, 0.25) is 0 Å². The van der Waals surface area contributed by atoms with Gasteiger partial charge in [0.15, 0.2) is 5.78 Å². The Hall–Kier alpha value is -2.18. The normalized spacial score (nSPS) is 10.3. The Labute approximate surface area is 115 Å². The van der Waals surface area contributed by atoms with Gasteiger partial charge in [-0.15, -0.1) is 0 Å². The van der Waals surface area contributed by atoms with Crippen molar-refractivity contribution in [2.75, 3.05) is 6.61 Å². The summed E-state index contributed by atoms with van der Waals surface area (Å²) in [6.45, 7) is 3.79. The summed E-state index contributed by atoms with van der Waals surface area (Å²) >= 11 is 0. The molecule has 0 spiro atoms. The molecule has 0 amide bonds. The SMILES string of the molecule is CCOC(=O)CCC(=O)Cn1c(=O)ccn(CC)c1=O. The van der Waals surface area contributed by atoms with Crippen molar-refractivity contribution in [1.82, 2.24) is 9.13 Å². The fourth-order valence-electron chi connectivity index (χ4n) is 1.67. The van der Waals surface area contributed by atoms with Crippen LogP contribution in [-0.2, 0) is 27.4 Å². The topological polar surface area (TPSA) is 87.4 Å². The number of carbonyl (C=O) groups is 2. The number of aryl methyl sites for hydroxylation is 1. The van der Waals surface area contributed by atoms with Crippen molar-refractivity contribution in [3.8, 4) is 0 Å². The monoisotopic (exact) mass is 282 g/mol. The number of rotatable bonds is 7.